The van der Waals surface area contributed by atoms with Crippen molar-refractivity contribution in [2.24, 2.45) is 11.7 Å². The maximum atomic E-state index is 12.8. The summed E-state index contributed by atoms with van der Waals surface area (Å²) >= 11 is 0. The van der Waals surface area contributed by atoms with Gasteiger partial charge in [0.05, 0.1) is 18.4 Å². The SMILES string of the molecule is CC(=O)N1C=Cc2ccccc2C1CC(=O)N1CCCC(C(N)=O)C1. The van der Waals surface area contributed by atoms with Crippen LogP contribution < -0.4 is 5.73 Å². The number of fused-ring (bicyclic) bond motifs is 1. The lowest BCUT2D eigenvalue weighted by molar-refractivity contribution is -0.137. The van der Waals surface area contributed by atoms with Crippen LogP contribution in [0, 0.1) is 5.92 Å². The molecule has 6 nitrogen and oxygen atoms in total. The van der Waals surface area contributed by atoms with Crippen molar-refractivity contribution in [2.45, 2.75) is 32.2 Å². The van der Waals surface area contributed by atoms with Crippen LogP contribution in [-0.4, -0.2) is 40.6 Å². The molecule has 1 fully saturated rings. The van der Waals surface area contributed by atoms with Gasteiger partial charge in [0, 0.05) is 26.2 Å². The molecule has 132 valence electrons. The Morgan fingerprint density at radius 1 is 1.24 bits per heavy atom. The van der Waals surface area contributed by atoms with Gasteiger partial charge in [-0.25, -0.2) is 0 Å². The van der Waals surface area contributed by atoms with Gasteiger partial charge < -0.3 is 15.5 Å². The summed E-state index contributed by atoms with van der Waals surface area (Å²) in [5, 5.41) is 0. The number of hydrogen-bond donors (Lipinski definition) is 1. The highest BCUT2D eigenvalue weighted by Gasteiger charge is 2.32. The summed E-state index contributed by atoms with van der Waals surface area (Å²) in [5.41, 5.74) is 7.39. The average Bonchev–Trinajstić information content (AvgIpc) is 2.61. The second-order valence-corrected chi connectivity index (χ2v) is 6.67. The number of carbonyl (C=O) groups is 3. The lowest BCUT2D eigenvalue weighted by Gasteiger charge is -2.36. The van der Waals surface area contributed by atoms with Gasteiger partial charge in [0.25, 0.3) is 0 Å². The fourth-order valence-corrected chi connectivity index (χ4v) is 3.64. The first kappa shape index (κ1) is 17.2. The van der Waals surface area contributed by atoms with Gasteiger partial charge in [0.1, 0.15) is 0 Å². The highest BCUT2D eigenvalue weighted by Crippen LogP contribution is 2.33. The Bertz CT molecular complexity index is 728. The van der Waals surface area contributed by atoms with E-state index < -0.39 is 0 Å². The van der Waals surface area contributed by atoms with Crippen molar-refractivity contribution in [1.29, 1.82) is 0 Å². The molecular formula is C19H23N3O3. The van der Waals surface area contributed by atoms with E-state index in [-0.39, 0.29) is 36.1 Å². The second-order valence-electron chi connectivity index (χ2n) is 6.67. The molecule has 1 aromatic rings. The van der Waals surface area contributed by atoms with Crippen molar-refractivity contribution in [3.8, 4) is 0 Å². The van der Waals surface area contributed by atoms with Crippen LogP contribution >= 0.6 is 0 Å². The Hall–Kier alpha value is -2.63. The van der Waals surface area contributed by atoms with Crippen LogP contribution in [-0.2, 0) is 14.4 Å². The number of piperidine rings is 1. The topological polar surface area (TPSA) is 83.7 Å². The summed E-state index contributed by atoms with van der Waals surface area (Å²) in [7, 11) is 0. The van der Waals surface area contributed by atoms with E-state index in [2.05, 4.69) is 0 Å². The first-order valence-electron chi connectivity index (χ1n) is 8.60. The Morgan fingerprint density at radius 3 is 2.72 bits per heavy atom. The third-order valence-corrected chi connectivity index (χ3v) is 5.01. The third kappa shape index (κ3) is 3.57. The molecule has 25 heavy (non-hydrogen) atoms. The summed E-state index contributed by atoms with van der Waals surface area (Å²) in [4.78, 5) is 39.6. The van der Waals surface area contributed by atoms with Gasteiger partial charge in [-0.2, -0.15) is 0 Å². The fraction of sp³-hybridized carbons (Fsp3) is 0.421. The Balaban J connectivity index is 1.79. The number of nitrogens with zero attached hydrogens (tertiary/aromatic N) is 2. The van der Waals surface area contributed by atoms with Crippen molar-refractivity contribution in [3.05, 3.63) is 41.6 Å². The van der Waals surface area contributed by atoms with Gasteiger partial charge in [0.2, 0.25) is 17.7 Å². The largest absolute Gasteiger partial charge is 0.369 e. The van der Waals surface area contributed by atoms with Crippen molar-refractivity contribution in [3.63, 3.8) is 0 Å². The minimum atomic E-state index is -0.353. The molecule has 6 heteroatoms. The smallest absolute Gasteiger partial charge is 0.225 e. The molecule has 1 aromatic carbocycles. The molecule has 0 saturated carbocycles. The van der Waals surface area contributed by atoms with Crippen LogP contribution in [0.15, 0.2) is 30.5 Å². The van der Waals surface area contributed by atoms with Crippen LogP contribution in [0.4, 0.5) is 0 Å². The third-order valence-electron chi connectivity index (χ3n) is 5.01. The maximum absolute atomic E-state index is 12.8. The fourth-order valence-electron chi connectivity index (χ4n) is 3.64. The number of likely N-dealkylation sites (tertiary alicyclic amines) is 1. The average molecular weight is 341 g/mol. The standard InChI is InChI=1S/C19H23N3O3/c1-13(23)22-10-8-14-5-2-3-7-16(14)17(22)11-18(24)21-9-4-6-15(12-21)19(20)25/h2-3,5,7-8,10,15,17H,4,6,9,11-12H2,1H3,(H2,20,25). The molecule has 2 atom stereocenters. The van der Waals surface area contributed by atoms with E-state index in [0.717, 1.165) is 24.0 Å². The summed E-state index contributed by atoms with van der Waals surface area (Å²) in [6, 6.07) is 7.46. The molecule has 0 spiro atoms. The molecule has 0 aliphatic carbocycles. The first-order chi connectivity index (χ1) is 12.0. The van der Waals surface area contributed by atoms with Gasteiger partial charge in [-0.15, -0.1) is 0 Å². The monoisotopic (exact) mass is 341 g/mol. The maximum Gasteiger partial charge on any atom is 0.225 e. The number of benzene rings is 1. The lowest BCUT2D eigenvalue weighted by atomic mass is 9.92. The van der Waals surface area contributed by atoms with Crippen LogP contribution in [0.5, 0.6) is 0 Å². The van der Waals surface area contributed by atoms with Crippen LogP contribution in [0.25, 0.3) is 6.08 Å². The summed E-state index contributed by atoms with van der Waals surface area (Å²) in [6.07, 6.45) is 5.34. The van der Waals surface area contributed by atoms with Gasteiger partial charge in [0.15, 0.2) is 0 Å². The number of hydrogen-bond acceptors (Lipinski definition) is 3. The van der Waals surface area contributed by atoms with Crippen molar-refractivity contribution in [1.82, 2.24) is 9.80 Å². The quantitative estimate of drug-likeness (QED) is 0.908. The van der Waals surface area contributed by atoms with Crippen LogP contribution in [0.2, 0.25) is 0 Å². The minimum Gasteiger partial charge on any atom is -0.369 e. The van der Waals surface area contributed by atoms with Gasteiger partial charge in [-0.05, 0) is 30.0 Å². The molecular weight excluding hydrogens is 318 g/mol. The Morgan fingerprint density at radius 2 is 2.00 bits per heavy atom. The predicted molar refractivity (Wildman–Crippen MR) is 93.9 cm³/mol. The molecule has 2 aliphatic rings. The normalized spacial score (nSPS) is 22.4. The molecule has 0 aromatic heterocycles. The highest BCUT2D eigenvalue weighted by molar-refractivity contribution is 5.83. The van der Waals surface area contributed by atoms with E-state index in [1.165, 1.54) is 6.92 Å². The zero-order valence-corrected chi connectivity index (χ0v) is 14.4. The predicted octanol–water partition coefficient (Wildman–Crippen LogP) is 1.67. The van der Waals surface area contributed by atoms with E-state index in [1.807, 2.05) is 30.3 Å². The van der Waals surface area contributed by atoms with Crippen molar-refractivity contribution in [2.75, 3.05) is 13.1 Å². The Labute approximate surface area is 147 Å². The van der Waals surface area contributed by atoms with E-state index in [4.69, 9.17) is 5.73 Å². The lowest BCUT2D eigenvalue weighted by Crippen LogP contribution is -2.45. The number of amides is 3. The second kappa shape index (κ2) is 7.09. The molecule has 0 bridgehead atoms. The van der Waals surface area contributed by atoms with Crippen molar-refractivity contribution >= 4 is 23.8 Å². The van der Waals surface area contributed by atoms with E-state index in [0.29, 0.717) is 13.1 Å². The molecule has 3 rings (SSSR count). The summed E-state index contributed by atoms with van der Waals surface area (Å²) in [6.45, 7) is 2.51. The van der Waals surface area contributed by atoms with Crippen molar-refractivity contribution < 1.29 is 14.4 Å². The molecule has 2 aliphatic heterocycles. The minimum absolute atomic E-state index is 0.0488. The molecule has 2 heterocycles. The molecule has 3 amide bonds. The Kier molecular flexibility index (Phi) is 4.88. The zero-order chi connectivity index (χ0) is 18.0. The number of carbonyl (C=O) groups excluding carboxylic acids is 3. The molecule has 2 N–H and O–H groups in total. The van der Waals surface area contributed by atoms with Gasteiger partial charge >= 0.3 is 0 Å². The highest BCUT2D eigenvalue weighted by atomic mass is 16.2. The molecule has 2 unspecified atom stereocenters. The first-order valence-corrected chi connectivity index (χ1v) is 8.60. The van der Waals surface area contributed by atoms with E-state index in [9.17, 15) is 14.4 Å². The van der Waals surface area contributed by atoms with Gasteiger partial charge in [-0.3, -0.25) is 14.4 Å². The molecule has 1 saturated heterocycles. The molecule has 0 radical (unpaired) electrons. The van der Waals surface area contributed by atoms with E-state index in [1.54, 1.807) is 16.0 Å². The number of primary amides is 1. The summed E-state index contributed by atoms with van der Waals surface area (Å²) < 4.78 is 0. The van der Waals surface area contributed by atoms with E-state index >= 15 is 0 Å². The van der Waals surface area contributed by atoms with Crippen LogP contribution in [0.3, 0.4) is 0 Å². The van der Waals surface area contributed by atoms with Gasteiger partial charge in [-0.1, -0.05) is 24.3 Å². The van der Waals surface area contributed by atoms with Crippen LogP contribution in [0.1, 0.15) is 43.4 Å². The zero-order valence-electron chi connectivity index (χ0n) is 14.4. The number of nitrogens with two attached hydrogens (primary N) is 1. The number of rotatable bonds is 3. The summed E-state index contributed by atoms with van der Waals surface area (Å²) in [5.74, 6) is -0.779.